The van der Waals surface area contributed by atoms with Gasteiger partial charge in [-0.15, -0.1) is 0 Å². The van der Waals surface area contributed by atoms with Gasteiger partial charge in [0.05, 0.1) is 12.5 Å². The minimum Gasteiger partial charge on any atom is -0.330 e. The first-order chi connectivity index (χ1) is 9.72. The Morgan fingerprint density at radius 2 is 2.35 bits per heavy atom. The molecule has 1 unspecified atom stereocenters. The molecule has 0 saturated heterocycles. The second-order valence-electron chi connectivity index (χ2n) is 4.62. The van der Waals surface area contributed by atoms with E-state index in [2.05, 4.69) is 15.4 Å². The van der Waals surface area contributed by atoms with Crippen LogP contribution in [0.15, 0.2) is 36.9 Å². The lowest BCUT2D eigenvalue weighted by Gasteiger charge is -2.13. The average molecular weight is 273 g/mol. The van der Waals surface area contributed by atoms with Crippen molar-refractivity contribution in [2.75, 3.05) is 11.9 Å². The van der Waals surface area contributed by atoms with E-state index in [1.54, 1.807) is 11.0 Å². The van der Waals surface area contributed by atoms with Gasteiger partial charge in [-0.2, -0.15) is 5.10 Å². The number of nitrogens with one attached hydrogen (secondary N) is 1. The van der Waals surface area contributed by atoms with E-state index in [9.17, 15) is 4.79 Å². The summed E-state index contributed by atoms with van der Waals surface area (Å²) >= 11 is 0. The van der Waals surface area contributed by atoms with Gasteiger partial charge in [-0.05, 0) is 24.1 Å². The number of carbonyl (C=O) groups is 1. The van der Waals surface area contributed by atoms with Crippen LogP contribution in [0, 0.1) is 5.92 Å². The van der Waals surface area contributed by atoms with Crippen LogP contribution in [0.3, 0.4) is 0 Å². The van der Waals surface area contributed by atoms with Crippen molar-refractivity contribution < 1.29 is 4.79 Å². The maximum atomic E-state index is 12.0. The van der Waals surface area contributed by atoms with E-state index in [4.69, 9.17) is 5.73 Å². The minimum atomic E-state index is -0.144. The summed E-state index contributed by atoms with van der Waals surface area (Å²) in [7, 11) is 0. The van der Waals surface area contributed by atoms with Gasteiger partial charge >= 0.3 is 0 Å². The van der Waals surface area contributed by atoms with E-state index in [0.29, 0.717) is 13.1 Å². The maximum Gasteiger partial charge on any atom is 0.228 e. The third-order valence-corrected chi connectivity index (χ3v) is 3.15. The molecular weight excluding hydrogens is 254 g/mol. The number of hydrogen-bond acceptors (Lipinski definition) is 4. The van der Waals surface area contributed by atoms with Gasteiger partial charge in [0, 0.05) is 12.2 Å². The largest absolute Gasteiger partial charge is 0.330 e. The Kier molecular flexibility index (Phi) is 4.84. The van der Waals surface area contributed by atoms with E-state index >= 15 is 0 Å². The lowest BCUT2D eigenvalue weighted by Crippen LogP contribution is -2.28. The molecule has 106 valence electrons. The van der Waals surface area contributed by atoms with Crippen LogP contribution in [-0.2, 0) is 11.3 Å². The van der Waals surface area contributed by atoms with Gasteiger partial charge in [0.2, 0.25) is 5.91 Å². The molecule has 0 fully saturated rings. The first kappa shape index (κ1) is 14.2. The Bertz CT molecular complexity index is 548. The highest BCUT2D eigenvalue weighted by Crippen LogP contribution is 2.13. The fourth-order valence-electron chi connectivity index (χ4n) is 1.95. The number of carbonyl (C=O) groups excluding carboxylic acids is 1. The first-order valence-corrected chi connectivity index (χ1v) is 6.65. The van der Waals surface area contributed by atoms with Gasteiger partial charge in [-0.1, -0.05) is 19.1 Å². The number of anilines is 1. The van der Waals surface area contributed by atoms with E-state index in [1.165, 1.54) is 6.33 Å². The lowest BCUT2D eigenvalue weighted by atomic mass is 10.1. The molecule has 20 heavy (non-hydrogen) atoms. The Balaban J connectivity index is 2.04. The van der Waals surface area contributed by atoms with Crippen molar-refractivity contribution in [1.82, 2.24) is 14.8 Å². The molecule has 0 aliphatic rings. The van der Waals surface area contributed by atoms with Crippen LogP contribution in [0.25, 0.3) is 0 Å². The molecule has 2 aromatic rings. The van der Waals surface area contributed by atoms with Gasteiger partial charge in [-0.3, -0.25) is 4.79 Å². The zero-order valence-electron chi connectivity index (χ0n) is 11.5. The molecule has 0 aliphatic heterocycles. The Hall–Kier alpha value is -2.21. The Morgan fingerprint density at radius 1 is 1.50 bits per heavy atom. The standard InChI is InChI=1S/C14H19N5O/c1-2-12(7-15)14(20)18-13-5-3-4-11(6-13)8-19-10-16-9-17-19/h3-6,9-10,12H,2,7-8,15H2,1H3,(H,18,20). The number of benzene rings is 1. The molecule has 1 atom stereocenters. The van der Waals surface area contributed by atoms with Gasteiger partial charge in [0.1, 0.15) is 12.7 Å². The highest BCUT2D eigenvalue weighted by atomic mass is 16.1. The van der Waals surface area contributed by atoms with Crippen molar-refractivity contribution in [3.63, 3.8) is 0 Å². The second kappa shape index (κ2) is 6.81. The molecule has 1 aromatic heterocycles. The van der Waals surface area contributed by atoms with Crippen molar-refractivity contribution in [1.29, 1.82) is 0 Å². The summed E-state index contributed by atoms with van der Waals surface area (Å²) < 4.78 is 1.73. The smallest absolute Gasteiger partial charge is 0.228 e. The molecule has 2 rings (SSSR count). The van der Waals surface area contributed by atoms with Crippen molar-refractivity contribution in [2.45, 2.75) is 19.9 Å². The molecule has 6 heteroatoms. The van der Waals surface area contributed by atoms with E-state index in [0.717, 1.165) is 17.7 Å². The number of hydrogen-bond donors (Lipinski definition) is 2. The molecule has 0 saturated carbocycles. The molecule has 3 N–H and O–H groups in total. The van der Waals surface area contributed by atoms with Crippen molar-refractivity contribution in [3.05, 3.63) is 42.5 Å². The lowest BCUT2D eigenvalue weighted by molar-refractivity contribution is -0.119. The van der Waals surface area contributed by atoms with E-state index in [-0.39, 0.29) is 11.8 Å². The number of nitrogens with two attached hydrogens (primary N) is 1. The molecule has 0 radical (unpaired) electrons. The van der Waals surface area contributed by atoms with Gasteiger partial charge in [0.25, 0.3) is 0 Å². The zero-order valence-corrected chi connectivity index (χ0v) is 11.5. The van der Waals surface area contributed by atoms with Gasteiger partial charge < -0.3 is 11.1 Å². The molecule has 0 bridgehead atoms. The molecular formula is C14H19N5O. The molecule has 6 nitrogen and oxygen atoms in total. The minimum absolute atomic E-state index is 0.0343. The highest BCUT2D eigenvalue weighted by Gasteiger charge is 2.14. The number of nitrogens with zero attached hydrogens (tertiary/aromatic N) is 3. The van der Waals surface area contributed by atoms with Crippen LogP contribution in [0.1, 0.15) is 18.9 Å². The van der Waals surface area contributed by atoms with Crippen LogP contribution in [0.5, 0.6) is 0 Å². The van der Waals surface area contributed by atoms with Crippen molar-refractivity contribution >= 4 is 11.6 Å². The van der Waals surface area contributed by atoms with Gasteiger partial charge in [0.15, 0.2) is 0 Å². The molecule has 1 heterocycles. The summed E-state index contributed by atoms with van der Waals surface area (Å²) in [5.41, 5.74) is 7.41. The third kappa shape index (κ3) is 3.64. The normalized spacial score (nSPS) is 12.1. The molecule has 0 aliphatic carbocycles. The van der Waals surface area contributed by atoms with Crippen LogP contribution in [-0.4, -0.2) is 27.2 Å². The molecule has 1 amide bonds. The Morgan fingerprint density at radius 3 is 3.00 bits per heavy atom. The molecule has 0 spiro atoms. The predicted octanol–water partition coefficient (Wildman–Crippen LogP) is 1.25. The fraction of sp³-hybridized carbons (Fsp3) is 0.357. The quantitative estimate of drug-likeness (QED) is 0.829. The number of aromatic nitrogens is 3. The summed E-state index contributed by atoms with van der Waals surface area (Å²) in [4.78, 5) is 15.9. The summed E-state index contributed by atoms with van der Waals surface area (Å²) in [6, 6.07) is 7.69. The van der Waals surface area contributed by atoms with E-state index in [1.807, 2.05) is 31.2 Å². The van der Waals surface area contributed by atoms with Crippen LogP contribution < -0.4 is 11.1 Å². The summed E-state index contributed by atoms with van der Waals surface area (Å²) in [6.45, 7) is 2.94. The number of amides is 1. The third-order valence-electron chi connectivity index (χ3n) is 3.15. The maximum absolute atomic E-state index is 12.0. The summed E-state index contributed by atoms with van der Waals surface area (Å²) in [5, 5.41) is 6.96. The van der Waals surface area contributed by atoms with Crippen LogP contribution >= 0.6 is 0 Å². The first-order valence-electron chi connectivity index (χ1n) is 6.65. The highest BCUT2D eigenvalue weighted by molar-refractivity contribution is 5.92. The number of rotatable bonds is 6. The second-order valence-corrected chi connectivity index (χ2v) is 4.62. The van der Waals surface area contributed by atoms with E-state index < -0.39 is 0 Å². The van der Waals surface area contributed by atoms with Crippen molar-refractivity contribution in [3.8, 4) is 0 Å². The fourth-order valence-corrected chi connectivity index (χ4v) is 1.95. The van der Waals surface area contributed by atoms with Crippen LogP contribution in [0.2, 0.25) is 0 Å². The van der Waals surface area contributed by atoms with Crippen LogP contribution in [0.4, 0.5) is 5.69 Å². The van der Waals surface area contributed by atoms with Crippen molar-refractivity contribution in [2.24, 2.45) is 11.7 Å². The molecule has 1 aromatic carbocycles. The monoisotopic (exact) mass is 273 g/mol. The topological polar surface area (TPSA) is 85.8 Å². The zero-order chi connectivity index (χ0) is 14.4. The van der Waals surface area contributed by atoms with Gasteiger partial charge in [-0.25, -0.2) is 9.67 Å². The Labute approximate surface area is 118 Å². The summed E-state index contributed by atoms with van der Waals surface area (Å²) in [6.07, 6.45) is 3.90. The predicted molar refractivity (Wildman–Crippen MR) is 77.0 cm³/mol. The average Bonchev–Trinajstić information content (AvgIpc) is 2.93. The summed E-state index contributed by atoms with van der Waals surface area (Å²) in [5.74, 6) is -0.179. The SMILES string of the molecule is CCC(CN)C(=O)Nc1cccc(Cn2cncn2)c1.